The Bertz CT molecular complexity index is 1240. The van der Waals surface area contributed by atoms with Gasteiger partial charge in [0.25, 0.3) is 5.91 Å². The first-order valence-corrected chi connectivity index (χ1v) is 10.4. The summed E-state index contributed by atoms with van der Waals surface area (Å²) in [6.07, 6.45) is -4.82. The quantitative estimate of drug-likeness (QED) is 0.568. The predicted molar refractivity (Wildman–Crippen MR) is 115 cm³/mol. The third kappa shape index (κ3) is 3.96. The lowest BCUT2D eigenvalue weighted by atomic mass is 9.96. The topological polar surface area (TPSA) is 77.4 Å². The molecule has 0 radical (unpaired) electrons. The number of nitrogens with zero attached hydrogens (tertiary/aromatic N) is 2. The van der Waals surface area contributed by atoms with Gasteiger partial charge in [0.1, 0.15) is 5.82 Å². The van der Waals surface area contributed by atoms with Gasteiger partial charge in [-0.15, -0.1) is 0 Å². The maximum Gasteiger partial charge on any atom is 0.410 e. The zero-order chi connectivity index (χ0) is 23.3. The summed E-state index contributed by atoms with van der Waals surface area (Å²) in [5.41, 5.74) is 2.99. The Morgan fingerprint density at radius 2 is 1.91 bits per heavy atom. The fourth-order valence-electron chi connectivity index (χ4n) is 4.17. The van der Waals surface area contributed by atoms with Crippen molar-refractivity contribution in [3.05, 3.63) is 64.8 Å². The molecule has 2 atom stereocenters. The Morgan fingerprint density at radius 3 is 2.67 bits per heavy atom. The van der Waals surface area contributed by atoms with Crippen molar-refractivity contribution in [2.45, 2.75) is 38.5 Å². The fraction of sp³-hybridized carbons (Fsp3) is 0.304. The number of hydrogen-bond donors (Lipinski definition) is 2. The number of fused-ring (bicyclic) bond motifs is 2. The van der Waals surface area contributed by atoms with Gasteiger partial charge in [-0.25, -0.2) is 4.68 Å². The van der Waals surface area contributed by atoms with E-state index in [1.54, 1.807) is 24.3 Å². The van der Waals surface area contributed by atoms with Gasteiger partial charge in [-0.05, 0) is 43.2 Å². The molecule has 0 unspecified atom stereocenters. The van der Waals surface area contributed by atoms with Crippen LogP contribution in [-0.2, 0) is 0 Å². The molecule has 1 amide bonds. The second-order valence-corrected chi connectivity index (χ2v) is 8.23. The highest BCUT2D eigenvalue weighted by atomic mass is 19.4. The van der Waals surface area contributed by atoms with E-state index < -0.39 is 24.2 Å². The molecule has 5 rings (SSSR count). The Morgan fingerprint density at radius 1 is 1.12 bits per heavy atom. The molecule has 2 aliphatic rings. The summed E-state index contributed by atoms with van der Waals surface area (Å²) in [6.45, 7) is 3.85. The van der Waals surface area contributed by atoms with Gasteiger partial charge in [0, 0.05) is 18.2 Å². The zero-order valence-corrected chi connectivity index (χ0v) is 17.9. The third-order valence-corrected chi connectivity index (χ3v) is 5.85. The van der Waals surface area contributed by atoms with Crippen LogP contribution in [0.15, 0.2) is 42.5 Å². The molecule has 3 heterocycles. The summed E-state index contributed by atoms with van der Waals surface area (Å²) in [5, 5.41) is 9.83. The number of ether oxygens (including phenoxy) is 2. The summed E-state index contributed by atoms with van der Waals surface area (Å²) in [4.78, 5) is 12.8. The van der Waals surface area contributed by atoms with Crippen LogP contribution in [0.2, 0.25) is 0 Å². The molecule has 33 heavy (non-hydrogen) atoms. The molecule has 0 saturated carbocycles. The number of anilines is 2. The lowest BCUT2D eigenvalue weighted by molar-refractivity contribution is -0.173. The Hall–Kier alpha value is -3.69. The highest BCUT2D eigenvalue weighted by molar-refractivity contribution is 6.03. The van der Waals surface area contributed by atoms with E-state index in [9.17, 15) is 18.0 Å². The molecule has 10 heteroatoms. The highest BCUT2D eigenvalue weighted by Crippen LogP contribution is 2.45. The molecule has 2 aromatic carbocycles. The van der Waals surface area contributed by atoms with Gasteiger partial charge < -0.3 is 20.1 Å². The first kappa shape index (κ1) is 21.2. The number of benzene rings is 2. The van der Waals surface area contributed by atoms with Crippen molar-refractivity contribution in [2.75, 3.05) is 17.4 Å². The van der Waals surface area contributed by atoms with Crippen molar-refractivity contribution in [1.29, 1.82) is 0 Å². The third-order valence-electron chi connectivity index (χ3n) is 5.85. The van der Waals surface area contributed by atoms with Crippen molar-refractivity contribution in [1.82, 2.24) is 9.78 Å². The van der Waals surface area contributed by atoms with E-state index in [-0.39, 0.29) is 24.7 Å². The number of aryl methyl sites for hydroxylation is 2. The Labute approximate surface area is 187 Å². The largest absolute Gasteiger partial charge is 0.454 e. The van der Waals surface area contributed by atoms with E-state index >= 15 is 0 Å². The number of alkyl halides is 3. The molecule has 0 saturated heterocycles. The van der Waals surface area contributed by atoms with E-state index in [1.165, 1.54) is 6.07 Å². The molecule has 2 N–H and O–H groups in total. The maximum atomic E-state index is 13.9. The molecule has 0 aliphatic carbocycles. The molecule has 172 valence electrons. The summed E-state index contributed by atoms with van der Waals surface area (Å²) in [7, 11) is 0. The van der Waals surface area contributed by atoms with Crippen LogP contribution in [0.25, 0.3) is 0 Å². The summed E-state index contributed by atoms with van der Waals surface area (Å²) in [5.74, 6) is 0.589. The Balaban J connectivity index is 1.45. The van der Waals surface area contributed by atoms with Gasteiger partial charge in [-0.3, -0.25) is 4.79 Å². The fourth-order valence-corrected chi connectivity index (χ4v) is 4.17. The van der Waals surface area contributed by atoms with Gasteiger partial charge in [-0.2, -0.15) is 18.3 Å². The van der Waals surface area contributed by atoms with E-state index in [1.807, 2.05) is 26.0 Å². The average molecular weight is 458 g/mol. The first-order chi connectivity index (χ1) is 15.7. The first-order valence-electron chi connectivity index (χ1n) is 10.4. The number of carbonyl (C=O) groups excluding carboxylic acids is 1. The lowest BCUT2D eigenvalue weighted by Crippen LogP contribution is -2.35. The zero-order valence-electron chi connectivity index (χ0n) is 17.9. The van der Waals surface area contributed by atoms with Crippen molar-refractivity contribution < 1.29 is 27.4 Å². The number of aromatic nitrogens is 2. The predicted octanol–water partition coefficient (Wildman–Crippen LogP) is 5.14. The standard InChI is InChI=1S/C23H21F3N4O3/c1-12-3-5-15(13(2)7-12)28-22(31)17-10-21-27-16(9-20(23(24,25)26)30(21)29-17)14-4-6-18-19(8-14)33-11-32-18/h3-8,10,16,20,27H,9,11H2,1-2H3,(H,28,31)/t16-,20-/m0/s1. The Kier molecular flexibility index (Phi) is 4.95. The van der Waals surface area contributed by atoms with Crippen LogP contribution < -0.4 is 20.1 Å². The van der Waals surface area contributed by atoms with Crippen molar-refractivity contribution in [3.63, 3.8) is 0 Å². The minimum absolute atomic E-state index is 0.0771. The summed E-state index contributed by atoms with van der Waals surface area (Å²) < 4.78 is 53.3. The molecule has 0 fully saturated rings. The summed E-state index contributed by atoms with van der Waals surface area (Å²) >= 11 is 0. The minimum atomic E-state index is -4.54. The van der Waals surface area contributed by atoms with Crippen molar-refractivity contribution in [2.24, 2.45) is 0 Å². The number of carbonyl (C=O) groups is 1. The average Bonchev–Trinajstić information content (AvgIpc) is 3.40. The second-order valence-electron chi connectivity index (χ2n) is 8.23. The van der Waals surface area contributed by atoms with Crippen molar-refractivity contribution >= 4 is 17.4 Å². The van der Waals surface area contributed by atoms with Gasteiger partial charge in [-0.1, -0.05) is 23.8 Å². The smallest absolute Gasteiger partial charge is 0.410 e. The van der Waals surface area contributed by atoms with Crippen LogP contribution >= 0.6 is 0 Å². The van der Waals surface area contributed by atoms with E-state index in [0.717, 1.165) is 15.8 Å². The van der Waals surface area contributed by atoms with Crippen LogP contribution in [-0.4, -0.2) is 28.7 Å². The number of amides is 1. The van der Waals surface area contributed by atoms with E-state index in [2.05, 4.69) is 15.7 Å². The normalized spacial score (nSPS) is 19.1. The number of halogens is 3. The van der Waals surface area contributed by atoms with Gasteiger partial charge in [0.05, 0.1) is 6.04 Å². The molecule has 0 bridgehead atoms. The molecular weight excluding hydrogens is 437 g/mol. The number of hydrogen-bond acceptors (Lipinski definition) is 5. The molecular formula is C23H21F3N4O3. The van der Waals surface area contributed by atoms with E-state index in [4.69, 9.17) is 9.47 Å². The van der Waals surface area contributed by atoms with Crippen LogP contribution in [0.3, 0.4) is 0 Å². The van der Waals surface area contributed by atoms with Crippen LogP contribution in [0.4, 0.5) is 24.7 Å². The van der Waals surface area contributed by atoms with Gasteiger partial charge in [0.15, 0.2) is 23.2 Å². The highest BCUT2D eigenvalue weighted by Gasteiger charge is 2.47. The molecule has 3 aromatic rings. The molecule has 0 spiro atoms. The number of nitrogens with one attached hydrogen (secondary N) is 2. The minimum Gasteiger partial charge on any atom is -0.454 e. The van der Waals surface area contributed by atoms with Crippen LogP contribution in [0.1, 0.15) is 45.7 Å². The number of rotatable bonds is 3. The molecule has 7 nitrogen and oxygen atoms in total. The lowest BCUT2D eigenvalue weighted by Gasteiger charge is -2.33. The van der Waals surface area contributed by atoms with Gasteiger partial charge >= 0.3 is 6.18 Å². The SMILES string of the molecule is Cc1ccc(NC(=O)c2cc3n(n2)[C@H](C(F)(F)F)C[C@@H](c2ccc4c(c2)OCO4)N3)c(C)c1. The van der Waals surface area contributed by atoms with E-state index in [0.29, 0.717) is 22.7 Å². The summed E-state index contributed by atoms with van der Waals surface area (Å²) in [6, 6.07) is 9.38. The monoisotopic (exact) mass is 458 g/mol. The van der Waals surface area contributed by atoms with Crippen molar-refractivity contribution in [3.8, 4) is 11.5 Å². The molecule has 2 aliphatic heterocycles. The second kappa shape index (κ2) is 7.72. The van der Waals surface area contributed by atoms with Crippen LogP contribution in [0.5, 0.6) is 11.5 Å². The van der Waals surface area contributed by atoms with Crippen LogP contribution in [0, 0.1) is 13.8 Å². The maximum absolute atomic E-state index is 13.9. The van der Waals surface area contributed by atoms with Gasteiger partial charge in [0.2, 0.25) is 6.79 Å². The molecule has 1 aromatic heterocycles.